The van der Waals surface area contributed by atoms with E-state index in [1.807, 2.05) is 31.2 Å². The first-order chi connectivity index (χ1) is 13.4. The highest BCUT2D eigenvalue weighted by Gasteiger charge is 2.58. The molecule has 28 heavy (non-hydrogen) atoms. The van der Waals surface area contributed by atoms with Crippen molar-refractivity contribution in [3.63, 3.8) is 0 Å². The Morgan fingerprint density at radius 2 is 1.96 bits per heavy atom. The average Bonchev–Trinajstić information content (AvgIpc) is 3.14. The number of hydrogen-bond acceptors (Lipinski definition) is 5. The second-order valence-corrected chi connectivity index (χ2v) is 7.27. The molecule has 1 fully saturated rings. The lowest BCUT2D eigenvalue weighted by Gasteiger charge is -2.20. The highest BCUT2D eigenvalue weighted by atomic mass is 16.6. The topological polar surface area (TPSA) is 102 Å². The Labute approximate surface area is 162 Å². The summed E-state index contributed by atoms with van der Waals surface area (Å²) in [6, 6.07) is 13.0. The maximum Gasteiger partial charge on any atom is 0.418 e. The number of anilines is 1. The lowest BCUT2D eigenvalue weighted by molar-refractivity contribution is -0.139. The van der Waals surface area contributed by atoms with Crippen LogP contribution in [0.1, 0.15) is 28.7 Å². The third-order valence-electron chi connectivity index (χ3n) is 5.30. The molecule has 1 heterocycles. The van der Waals surface area contributed by atoms with Gasteiger partial charge in [0.05, 0.1) is 0 Å². The highest BCUT2D eigenvalue weighted by Crippen LogP contribution is 2.45. The van der Waals surface area contributed by atoms with E-state index >= 15 is 0 Å². The number of benzene rings is 2. The summed E-state index contributed by atoms with van der Waals surface area (Å²) in [5.41, 5.74) is 8.69. The van der Waals surface area contributed by atoms with E-state index in [4.69, 9.17) is 10.5 Å². The Morgan fingerprint density at radius 1 is 1.21 bits per heavy atom. The molecule has 2 aliphatic rings. The minimum absolute atomic E-state index is 0.323. The highest BCUT2D eigenvalue weighted by molar-refractivity contribution is 6.06. The predicted molar refractivity (Wildman–Crippen MR) is 102 cm³/mol. The molecule has 1 aliphatic carbocycles. The monoisotopic (exact) mass is 379 g/mol. The van der Waals surface area contributed by atoms with Crippen LogP contribution in [0.3, 0.4) is 0 Å². The van der Waals surface area contributed by atoms with Crippen molar-refractivity contribution in [1.82, 2.24) is 10.2 Å². The molecule has 0 aromatic heterocycles. The standard InChI is InChI=1S/C21H21N3O4/c1-13-2-4-14(5-3-13)11-23-18(25)12-24-19(26)21(28-20(24)27)9-8-15-10-16(22)6-7-17(15)21/h2-7,10H,8-9,11-12,22H2,1H3,(H,23,25). The molecule has 1 saturated heterocycles. The van der Waals surface area contributed by atoms with Gasteiger partial charge in [0.1, 0.15) is 6.54 Å². The molecular formula is C21H21N3O4. The van der Waals surface area contributed by atoms with Gasteiger partial charge in [0, 0.05) is 24.2 Å². The molecule has 0 radical (unpaired) electrons. The molecule has 3 amide bonds. The van der Waals surface area contributed by atoms with Crippen molar-refractivity contribution < 1.29 is 19.1 Å². The average molecular weight is 379 g/mol. The van der Waals surface area contributed by atoms with Crippen molar-refractivity contribution in [1.29, 1.82) is 0 Å². The third kappa shape index (κ3) is 2.98. The Kier molecular flexibility index (Phi) is 4.30. The number of aryl methyl sites for hydroxylation is 2. The maximum atomic E-state index is 13.0. The molecule has 2 aromatic carbocycles. The van der Waals surface area contributed by atoms with Gasteiger partial charge in [-0.15, -0.1) is 0 Å². The number of hydrogen-bond donors (Lipinski definition) is 2. The van der Waals surface area contributed by atoms with E-state index in [1.165, 1.54) is 0 Å². The van der Waals surface area contributed by atoms with E-state index in [-0.39, 0.29) is 6.54 Å². The summed E-state index contributed by atoms with van der Waals surface area (Å²) in [5.74, 6) is -0.912. The van der Waals surface area contributed by atoms with E-state index in [2.05, 4.69) is 5.32 Å². The maximum absolute atomic E-state index is 13.0. The van der Waals surface area contributed by atoms with Gasteiger partial charge < -0.3 is 15.8 Å². The summed E-state index contributed by atoms with van der Waals surface area (Å²) in [6.07, 6.45) is 0.158. The number of carbonyl (C=O) groups is 3. The normalized spacial score (nSPS) is 20.4. The summed E-state index contributed by atoms with van der Waals surface area (Å²) < 4.78 is 5.49. The van der Waals surface area contributed by atoms with Crippen LogP contribution in [0.5, 0.6) is 0 Å². The van der Waals surface area contributed by atoms with E-state index in [1.54, 1.807) is 18.2 Å². The number of nitrogen functional groups attached to an aromatic ring is 1. The second-order valence-electron chi connectivity index (χ2n) is 7.27. The number of nitrogens with zero attached hydrogens (tertiary/aromatic N) is 1. The van der Waals surface area contributed by atoms with E-state index in [9.17, 15) is 14.4 Å². The zero-order valence-electron chi connectivity index (χ0n) is 15.5. The SMILES string of the molecule is Cc1ccc(CNC(=O)CN2C(=O)OC3(CCc4cc(N)ccc43)C2=O)cc1. The van der Waals surface area contributed by atoms with Crippen molar-refractivity contribution in [2.75, 3.05) is 12.3 Å². The fraction of sp³-hybridized carbons (Fsp3) is 0.286. The molecule has 7 heteroatoms. The summed E-state index contributed by atoms with van der Waals surface area (Å²) in [5, 5.41) is 2.73. The van der Waals surface area contributed by atoms with Crippen LogP contribution >= 0.6 is 0 Å². The van der Waals surface area contributed by atoms with Gasteiger partial charge in [-0.2, -0.15) is 0 Å². The predicted octanol–water partition coefficient (Wildman–Crippen LogP) is 2.01. The van der Waals surface area contributed by atoms with Crippen LogP contribution in [0.15, 0.2) is 42.5 Å². The lowest BCUT2D eigenvalue weighted by Crippen LogP contribution is -2.43. The molecule has 7 nitrogen and oxygen atoms in total. The summed E-state index contributed by atoms with van der Waals surface area (Å²) in [7, 11) is 0. The molecule has 0 bridgehead atoms. The minimum Gasteiger partial charge on any atom is -0.427 e. The van der Waals surface area contributed by atoms with Crippen LogP contribution in [0, 0.1) is 6.92 Å². The lowest BCUT2D eigenvalue weighted by atomic mass is 9.95. The molecule has 1 atom stereocenters. The molecule has 1 spiro atoms. The Bertz CT molecular complexity index is 970. The molecule has 144 valence electrons. The van der Waals surface area contributed by atoms with Crippen molar-refractivity contribution in [2.24, 2.45) is 0 Å². The van der Waals surface area contributed by atoms with Gasteiger partial charge in [-0.25, -0.2) is 9.69 Å². The van der Waals surface area contributed by atoms with Crippen LogP contribution in [-0.2, 0) is 32.9 Å². The number of imide groups is 1. The van der Waals surface area contributed by atoms with Gasteiger partial charge in [0.2, 0.25) is 11.5 Å². The Morgan fingerprint density at radius 3 is 2.71 bits per heavy atom. The van der Waals surface area contributed by atoms with Crippen molar-refractivity contribution in [3.05, 3.63) is 64.7 Å². The van der Waals surface area contributed by atoms with Crippen molar-refractivity contribution >= 4 is 23.6 Å². The van der Waals surface area contributed by atoms with Crippen molar-refractivity contribution in [3.8, 4) is 0 Å². The number of nitrogens with two attached hydrogens (primary N) is 1. The van der Waals surface area contributed by atoms with Gasteiger partial charge in [0.25, 0.3) is 5.91 Å². The van der Waals surface area contributed by atoms with Gasteiger partial charge in [-0.3, -0.25) is 9.59 Å². The van der Waals surface area contributed by atoms with Crippen LogP contribution in [0.2, 0.25) is 0 Å². The third-order valence-corrected chi connectivity index (χ3v) is 5.30. The quantitative estimate of drug-likeness (QED) is 0.792. The smallest absolute Gasteiger partial charge is 0.418 e. The molecule has 3 N–H and O–H groups in total. The number of nitrogens with one attached hydrogen (secondary N) is 1. The fourth-order valence-electron chi connectivity index (χ4n) is 3.78. The molecule has 4 rings (SSSR count). The number of rotatable bonds is 4. The van der Waals surface area contributed by atoms with Crippen LogP contribution in [-0.4, -0.2) is 29.4 Å². The molecular weight excluding hydrogens is 358 g/mol. The molecule has 1 aliphatic heterocycles. The Balaban J connectivity index is 1.45. The largest absolute Gasteiger partial charge is 0.427 e. The number of carbonyl (C=O) groups excluding carboxylic acids is 3. The summed E-state index contributed by atoms with van der Waals surface area (Å²) in [6.45, 7) is 1.94. The van der Waals surface area contributed by atoms with Crippen molar-refractivity contribution in [2.45, 2.75) is 31.9 Å². The Hall–Kier alpha value is -3.35. The molecule has 2 aromatic rings. The second kappa shape index (κ2) is 6.67. The van der Waals surface area contributed by atoms with E-state index in [0.717, 1.165) is 21.6 Å². The van der Waals surface area contributed by atoms with Gasteiger partial charge >= 0.3 is 6.09 Å². The number of ether oxygens (including phenoxy) is 1. The zero-order chi connectivity index (χ0) is 19.9. The fourth-order valence-corrected chi connectivity index (χ4v) is 3.78. The number of amides is 3. The van der Waals surface area contributed by atoms with Crippen LogP contribution in [0.25, 0.3) is 0 Å². The van der Waals surface area contributed by atoms with Crippen LogP contribution in [0.4, 0.5) is 10.5 Å². The zero-order valence-corrected chi connectivity index (χ0v) is 15.5. The van der Waals surface area contributed by atoms with E-state index in [0.29, 0.717) is 30.6 Å². The first-order valence-electron chi connectivity index (χ1n) is 9.15. The van der Waals surface area contributed by atoms with Gasteiger partial charge in [-0.1, -0.05) is 35.9 Å². The van der Waals surface area contributed by atoms with Gasteiger partial charge in [-0.05, 0) is 36.6 Å². The number of fused-ring (bicyclic) bond motifs is 2. The summed E-state index contributed by atoms with van der Waals surface area (Å²) in [4.78, 5) is 38.5. The first-order valence-corrected chi connectivity index (χ1v) is 9.15. The summed E-state index contributed by atoms with van der Waals surface area (Å²) >= 11 is 0. The minimum atomic E-state index is -1.34. The molecule has 0 saturated carbocycles. The van der Waals surface area contributed by atoms with Crippen LogP contribution < -0.4 is 11.1 Å². The van der Waals surface area contributed by atoms with Gasteiger partial charge in [0.15, 0.2) is 0 Å². The first kappa shape index (κ1) is 18.0. The van der Waals surface area contributed by atoms with E-state index < -0.39 is 23.5 Å². The molecule has 1 unspecified atom stereocenters.